The van der Waals surface area contributed by atoms with E-state index < -0.39 is 0 Å². The van der Waals surface area contributed by atoms with Crippen LogP contribution in [-0.2, 0) is 0 Å². The molecule has 2 aromatic rings. The lowest BCUT2D eigenvalue weighted by atomic mass is 10.1. The first kappa shape index (κ1) is 13.6. The number of ether oxygens (including phenoxy) is 1. The highest BCUT2D eigenvalue weighted by molar-refractivity contribution is 9.10. The summed E-state index contributed by atoms with van der Waals surface area (Å²) in [4.78, 5) is 1.01. The molecule has 0 aliphatic carbocycles. The smallest absolute Gasteiger partial charge is 0.134 e. The third-order valence-electron chi connectivity index (χ3n) is 2.73. The lowest BCUT2D eigenvalue weighted by Gasteiger charge is -2.17. The fourth-order valence-corrected chi connectivity index (χ4v) is 3.27. The van der Waals surface area contributed by atoms with Crippen molar-refractivity contribution in [3.05, 3.63) is 32.7 Å². The Morgan fingerprint density at radius 3 is 2.83 bits per heavy atom. The molecule has 0 amide bonds. The van der Waals surface area contributed by atoms with Gasteiger partial charge in [-0.25, -0.2) is 0 Å². The molecule has 0 bridgehead atoms. The first-order chi connectivity index (χ1) is 8.56. The number of methoxy groups -OCH3 is 1. The van der Waals surface area contributed by atoms with Gasteiger partial charge in [0.2, 0.25) is 0 Å². The predicted octanol–water partition coefficient (Wildman–Crippen LogP) is 3.34. The van der Waals surface area contributed by atoms with Gasteiger partial charge in [-0.3, -0.25) is 4.68 Å². The minimum atomic E-state index is -0.237. The minimum absolute atomic E-state index is 0.237. The largest absolute Gasteiger partial charge is 0.496 e. The van der Waals surface area contributed by atoms with Gasteiger partial charge in [-0.2, -0.15) is 5.10 Å². The summed E-state index contributed by atoms with van der Waals surface area (Å²) in [5, 5.41) is 6.34. The standard InChI is InChI=1S/C12H16BrN3OS/c1-7(2)16-11(8(13)6-15-16)10(14)12-9(17-3)4-5-18-12/h4-7,10H,14H2,1-3H3. The molecule has 2 aromatic heterocycles. The maximum absolute atomic E-state index is 6.36. The fraction of sp³-hybridized carbons (Fsp3) is 0.417. The Balaban J connectivity index is 2.45. The molecule has 0 saturated carbocycles. The number of aromatic nitrogens is 2. The van der Waals surface area contributed by atoms with Gasteiger partial charge in [0.05, 0.1) is 34.4 Å². The summed E-state index contributed by atoms with van der Waals surface area (Å²) in [6, 6.07) is 1.96. The van der Waals surface area contributed by atoms with E-state index in [0.29, 0.717) is 0 Å². The van der Waals surface area contributed by atoms with E-state index in [4.69, 9.17) is 10.5 Å². The molecule has 1 atom stereocenters. The number of hydrogen-bond acceptors (Lipinski definition) is 4. The molecule has 0 saturated heterocycles. The van der Waals surface area contributed by atoms with Crippen molar-refractivity contribution in [1.82, 2.24) is 9.78 Å². The van der Waals surface area contributed by atoms with Crippen molar-refractivity contribution >= 4 is 27.3 Å². The number of rotatable bonds is 4. The van der Waals surface area contributed by atoms with Crippen LogP contribution < -0.4 is 10.5 Å². The Kier molecular flexibility index (Phi) is 4.09. The molecular weight excluding hydrogens is 314 g/mol. The first-order valence-corrected chi connectivity index (χ1v) is 7.33. The molecule has 0 radical (unpaired) electrons. The third-order valence-corrected chi connectivity index (χ3v) is 4.32. The van der Waals surface area contributed by atoms with Crippen molar-refractivity contribution in [2.24, 2.45) is 5.73 Å². The molecule has 4 nitrogen and oxygen atoms in total. The number of nitrogens with zero attached hydrogens (tertiary/aromatic N) is 2. The number of hydrogen-bond donors (Lipinski definition) is 1. The van der Waals surface area contributed by atoms with Crippen LogP contribution >= 0.6 is 27.3 Å². The summed E-state index contributed by atoms with van der Waals surface area (Å²) in [7, 11) is 1.66. The minimum Gasteiger partial charge on any atom is -0.496 e. The van der Waals surface area contributed by atoms with E-state index >= 15 is 0 Å². The maximum Gasteiger partial charge on any atom is 0.134 e. The first-order valence-electron chi connectivity index (χ1n) is 5.66. The molecule has 0 spiro atoms. The molecule has 2 N–H and O–H groups in total. The van der Waals surface area contributed by atoms with Gasteiger partial charge in [0.25, 0.3) is 0 Å². The average Bonchev–Trinajstić information content (AvgIpc) is 2.93. The highest BCUT2D eigenvalue weighted by Crippen LogP contribution is 2.36. The summed E-state index contributed by atoms with van der Waals surface area (Å²) in [5.74, 6) is 0.830. The molecule has 0 aliphatic rings. The quantitative estimate of drug-likeness (QED) is 0.935. The highest BCUT2D eigenvalue weighted by Gasteiger charge is 2.23. The van der Waals surface area contributed by atoms with Crippen molar-refractivity contribution < 1.29 is 4.74 Å². The van der Waals surface area contributed by atoms with Crippen LogP contribution in [0.2, 0.25) is 0 Å². The van der Waals surface area contributed by atoms with E-state index in [2.05, 4.69) is 34.9 Å². The van der Waals surface area contributed by atoms with Gasteiger partial charge in [-0.1, -0.05) is 0 Å². The zero-order valence-electron chi connectivity index (χ0n) is 10.6. The predicted molar refractivity (Wildman–Crippen MR) is 77.2 cm³/mol. The average molecular weight is 330 g/mol. The second-order valence-corrected chi connectivity index (χ2v) is 6.05. The maximum atomic E-state index is 6.36. The van der Waals surface area contributed by atoms with Crippen LogP contribution in [0.15, 0.2) is 22.1 Å². The van der Waals surface area contributed by atoms with E-state index in [-0.39, 0.29) is 12.1 Å². The Labute approximate surface area is 119 Å². The lowest BCUT2D eigenvalue weighted by molar-refractivity contribution is 0.409. The molecule has 6 heteroatoms. The highest BCUT2D eigenvalue weighted by atomic mass is 79.9. The van der Waals surface area contributed by atoms with Crippen LogP contribution in [0.25, 0.3) is 0 Å². The summed E-state index contributed by atoms with van der Waals surface area (Å²) in [6.45, 7) is 4.17. The molecule has 0 aromatic carbocycles. The summed E-state index contributed by atoms with van der Waals surface area (Å²) in [6.07, 6.45) is 1.79. The van der Waals surface area contributed by atoms with Crippen LogP contribution in [0.1, 0.15) is 36.5 Å². The topological polar surface area (TPSA) is 53.1 Å². The normalized spacial score (nSPS) is 13.0. The Morgan fingerprint density at radius 2 is 2.22 bits per heavy atom. The molecule has 0 aliphatic heterocycles. The zero-order chi connectivity index (χ0) is 13.3. The molecule has 98 valence electrons. The number of thiophene rings is 1. The van der Waals surface area contributed by atoms with Gasteiger partial charge in [0.15, 0.2) is 0 Å². The van der Waals surface area contributed by atoms with Crippen molar-refractivity contribution in [2.45, 2.75) is 25.9 Å². The Bertz CT molecular complexity index is 535. The molecule has 1 unspecified atom stereocenters. The van der Waals surface area contributed by atoms with Gasteiger partial charge in [-0.05, 0) is 41.2 Å². The van der Waals surface area contributed by atoms with Crippen LogP contribution in [-0.4, -0.2) is 16.9 Å². The van der Waals surface area contributed by atoms with E-state index in [1.807, 2.05) is 16.1 Å². The second kappa shape index (κ2) is 5.42. The molecular formula is C12H16BrN3OS. The van der Waals surface area contributed by atoms with Crippen molar-refractivity contribution in [3.63, 3.8) is 0 Å². The van der Waals surface area contributed by atoms with Crippen LogP contribution in [0, 0.1) is 0 Å². The number of nitrogens with two attached hydrogens (primary N) is 1. The van der Waals surface area contributed by atoms with Crippen LogP contribution in [0.3, 0.4) is 0 Å². The van der Waals surface area contributed by atoms with Crippen molar-refractivity contribution in [3.8, 4) is 5.75 Å². The Morgan fingerprint density at radius 1 is 1.50 bits per heavy atom. The van der Waals surface area contributed by atoms with Crippen molar-refractivity contribution in [1.29, 1.82) is 0 Å². The van der Waals surface area contributed by atoms with E-state index in [0.717, 1.165) is 20.8 Å². The van der Waals surface area contributed by atoms with E-state index in [1.165, 1.54) is 0 Å². The van der Waals surface area contributed by atoms with E-state index in [9.17, 15) is 0 Å². The summed E-state index contributed by atoms with van der Waals surface area (Å²) >= 11 is 5.12. The van der Waals surface area contributed by atoms with Crippen LogP contribution in [0.4, 0.5) is 0 Å². The van der Waals surface area contributed by atoms with Gasteiger partial charge in [0, 0.05) is 6.04 Å². The SMILES string of the molecule is COc1ccsc1C(N)c1c(Br)cnn1C(C)C. The van der Waals surface area contributed by atoms with Gasteiger partial charge in [-0.15, -0.1) is 11.3 Å². The molecule has 2 rings (SSSR count). The summed E-state index contributed by atoms with van der Waals surface area (Å²) in [5.41, 5.74) is 7.34. The van der Waals surface area contributed by atoms with Crippen LogP contribution in [0.5, 0.6) is 5.75 Å². The fourth-order valence-electron chi connectivity index (χ4n) is 1.88. The monoisotopic (exact) mass is 329 g/mol. The number of halogens is 1. The summed E-state index contributed by atoms with van der Waals surface area (Å²) < 4.78 is 8.20. The third kappa shape index (κ3) is 2.32. The molecule has 0 fully saturated rings. The van der Waals surface area contributed by atoms with Gasteiger partial charge >= 0.3 is 0 Å². The molecule has 18 heavy (non-hydrogen) atoms. The zero-order valence-corrected chi connectivity index (χ0v) is 13.0. The molecule has 2 heterocycles. The second-order valence-electron chi connectivity index (χ2n) is 4.25. The van der Waals surface area contributed by atoms with Crippen molar-refractivity contribution in [2.75, 3.05) is 7.11 Å². The van der Waals surface area contributed by atoms with Gasteiger partial charge < -0.3 is 10.5 Å². The Hall–Kier alpha value is -0.850. The van der Waals surface area contributed by atoms with E-state index in [1.54, 1.807) is 24.6 Å². The lowest BCUT2D eigenvalue weighted by Crippen LogP contribution is -2.18. The van der Waals surface area contributed by atoms with Gasteiger partial charge in [0.1, 0.15) is 5.75 Å².